The molecule has 1 saturated heterocycles. The molecule has 0 bridgehead atoms. The maximum Gasteiger partial charge on any atom is 0.410 e. The Kier molecular flexibility index (Phi) is 3.24. The molecular weight excluding hydrogens is 248 g/mol. The predicted molar refractivity (Wildman–Crippen MR) is 68.6 cm³/mol. The summed E-state index contributed by atoms with van der Waals surface area (Å²) < 4.78 is 5.27. The third kappa shape index (κ3) is 2.68. The molecule has 2 rings (SSSR count). The van der Waals surface area contributed by atoms with Crippen LogP contribution in [0.1, 0.15) is 33.6 Å². The van der Waals surface area contributed by atoms with Gasteiger partial charge < -0.3 is 20.5 Å². The lowest BCUT2D eigenvalue weighted by Gasteiger charge is -2.45. The van der Waals surface area contributed by atoms with E-state index in [2.05, 4.69) is 0 Å². The van der Waals surface area contributed by atoms with Crippen molar-refractivity contribution in [2.75, 3.05) is 13.1 Å². The highest BCUT2D eigenvalue weighted by atomic mass is 16.6. The number of ether oxygens (including phenoxy) is 1. The molecule has 6 nitrogen and oxygen atoms in total. The summed E-state index contributed by atoms with van der Waals surface area (Å²) in [6, 6.07) is -0.821. The van der Waals surface area contributed by atoms with Gasteiger partial charge in [0, 0.05) is 24.4 Å². The third-order valence-corrected chi connectivity index (χ3v) is 4.06. The predicted octanol–water partition coefficient (Wildman–Crippen LogP) is 1.05. The number of carboxylic acid groups (broad SMARTS) is 1. The molecule has 1 unspecified atom stereocenters. The van der Waals surface area contributed by atoms with Crippen LogP contribution in [0.4, 0.5) is 4.79 Å². The highest BCUT2D eigenvalue weighted by Gasteiger charge is 2.59. The molecule has 2 aliphatic rings. The molecule has 1 atom stereocenters. The van der Waals surface area contributed by atoms with E-state index in [-0.39, 0.29) is 17.4 Å². The highest BCUT2D eigenvalue weighted by Crippen LogP contribution is 2.56. The van der Waals surface area contributed by atoms with E-state index < -0.39 is 17.6 Å². The van der Waals surface area contributed by atoms with Crippen LogP contribution in [0.2, 0.25) is 0 Å². The fourth-order valence-corrected chi connectivity index (χ4v) is 2.68. The minimum atomic E-state index is -0.951. The number of rotatable bonds is 3. The average molecular weight is 270 g/mol. The van der Waals surface area contributed by atoms with Crippen molar-refractivity contribution in [3.05, 3.63) is 0 Å². The maximum absolute atomic E-state index is 11.8. The van der Waals surface area contributed by atoms with Crippen LogP contribution in [0, 0.1) is 11.3 Å². The number of carboxylic acids is 1. The van der Waals surface area contributed by atoms with Gasteiger partial charge in [0.2, 0.25) is 0 Å². The molecule has 1 heterocycles. The summed E-state index contributed by atoms with van der Waals surface area (Å²) >= 11 is 0. The zero-order chi connectivity index (χ0) is 14.4. The maximum atomic E-state index is 11.8. The molecule has 6 heteroatoms. The lowest BCUT2D eigenvalue weighted by Crippen LogP contribution is -2.58. The van der Waals surface area contributed by atoms with Crippen molar-refractivity contribution in [3.8, 4) is 0 Å². The summed E-state index contributed by atoms with van der Waals surface area (Å²) in [7, 11) is 0. The number of hydrogen-bond acceptors (Lipinski definition) is 4. The number of carbonyl (C=O) groups excluding carboxylic acids is 1. The molecular formula is C13H22N2O4. The number of aliphatic carboxylic acids is 1. The van der Waals surface area contributed by atoms with E-state index in [1.54, 1.807) is 4.90 Å². The van der Waals surface area contributed by atoms with Crippen molar-refractivity contribution in [3.63, 3.8) is 0 Å². The Morgan fingerprint density at radius 3 is 2.26 bits per heavy atom. The first-order chi connectivity index (χ1) is 8.66. The van der Waals surface area contributed by atoms with Gasteiger partial charge in [0.05, 0.1) is 0 Å². The van der Waals surface area contributed by atoms with E-state index in [1.807, 2.05) is 20.8 Å². The monoisotopic (exact) mass is 270 g/mol. The van der Waals surface area contributed by atoms with Crippen molar-refractivity contribution < 1.29 is 19.4 Å². The van der Waals surface area contributed by atoms with Crippen LogP contribution in [0.3, 0.4) is 0 Å². The summed E-state index contributed by atoms with van der Waals surface area (Å²) in [5.41, 5.74) is 4.95. The van der Waals surface area contributed by atoms with Gasteiger partial charge in [-0.15, -0.1) is 0 Å². The topological polar surface area (TPSA) is 92.9 Å². The number of nitrogens with two attached hydrogens (primary N) is 1. The molecule has 0 aromatic carbocycles. The Balaban J connectivity index is 1.87. The first-order valence-corrected chi connectivity index (χ1v) is 6.62. The minimum Gasteiger partial charge on any atom is -0.480 e. The summed E-state index contributed by atoms with van der Waals surface area (Å²) in [6.45, 7) is 6.58. The minimum absolute atomic E-state index is 0.186. The quantitative estimate of drug-likeness (QED) is 0.799. The largest absolute Gasteiger partial charge is 0.480 e. The summed E-state index contributed by atoms with van der Waals surface area (Å²) in [4.78, 5) is 24.4. The van der Waals surface area contributed by atoms with Gasteiger partial charge in [0.25, 0.3) is 0 Å². The van der Waals surface area contributed by atoms with E-state index in [1.165, 1.54) is 0 Å². The van der Waals surface area contributed by atoms with Crippen LogP contribution in [-0.4, -0.2) is 46.8 Å². The second kappa shape index (κ2) is 4.37. The Bertz CT molecular complexity index is 392. The van der Waals surface area contributed by atoms with E-state index in [4.69, 9.17) is 15.6 Å². The molecule has 0 spiro atoms. The number of carbonyl (C=O) groups is 2. The molecule has 0 aromatic rings. The number of hydrogen-bond donors (Lipinski definition) is 2. The number of nitrogens with zero attached hydrogens (tertiary/aromatic N) is 1. The molecule has 0 aromatic heterocycles. The van der Waals surface area contributed by atoms with Gasteiger partial charge >= 0.3 is 12.1 Å². The van der Waals surface area contributed by atoms with Gasteiger partial charge in [-0.25, -0.2) is 4.79 Å². The Labute approximate surface area is 112 Å². The van der Waals surface area contributed by atoms with Gasteiger partial charge in [0.15, 0.2) is 0 Å². The lowest BCUT2D eigenvalue weighted by molar-refractivity contribution is -0.141. The van der Waals surface area contributed by atoms with Crippen molar-refractivity contribution in [2.24, 2.45) is 17.1 Å². The van der Waals surface area contributed by atoms with Gasteiger partial charge in [-0.3, -0.25) is 4.79 Å². The zero-order valence-electron chi connectivity index (χ0n) is 11.7. The normalized spacial score (nSPS) is 23.5. The van der Waals surface area contributed by atoms with Crippen molar-refractivity contribution in [2.45, 2.75) is 45.3 Å². The van der Waals surface area contributed by atoms with Crippen molar-refractivity contribution >= 4 is 12.1 Å². The molecule has 1 aliphatic carbocycles. The van der Waals surface area contributed by atoms with E-state index in [0.717, 1.165) is 12.8 Å². The SMILES string of the molecule is CC(C)(C)OC(=O)N1CC(C2(C(N)C(=O)O)CC2)C1. The standard InChI is InChI=1S/C13H22N2O4/c1-12(2,3)19-11(18)15-6-8(7-15)13(4-5-13)9(14)10(16)17/h8-9H,4-7,14H2,1-3H3,(H,16,17). The Morgan fingerprint density at radius 2 is 1.89 bits per heavy atom. The van der Waals surface area contributed by atoms with Gasteiger partial charge in [0.1, 0.15) is 11.6 Å². The van der Waals surface area contributed by atoms with Crippen molar-refractivity contribution in [1.82, 2.24) is 4.90 Å². The summed E-state index contributed by atoms with van der Waals surface area (Å²) in [6.07, 6.45) is 1.35. The van der Waals surface area contributed by atoms with Crippen molar-refractivity contribution in [1.29, 1.82) is 0 Å². The van der Waals surface area contributed by atoms with Crippen LogP contribution >= 0.6 is 0 Å². The number of amides is 1. The van der Waals surface area contributed by atoms with Gasteiger partial charge in [-0.05, 0) is 33.6 Å². The average Bonchev–Trinajstić information content (AvgIpc) is 2.92. The van der Waals surface area contributed by atoms with Gasteiger partial charge in [-0.1, -0.05) is 0 Å². The van der Waals surface area contributed by atoms with Crippen LogP contribution in [0.5, 0.6) is 0 Å². The molecule has 19 heavy (non-hydrogen) atoms. The fraction of sp³-hybridized carbons (Fsp3) is 0.846. The molecule has 0 radical (unpaired) electrons. The highest BCUT2D eigenvalue weighted by molar-refractivity contribution is 5.75. The Hall–Kier alpha value is -1.30. The second-order valence-corrected chi connectivity index (χ2v) is 6.63. The molecule has 3 N–H and O–H groups in total. The molecule has 108 valence electrons. The first-order valence-electron chi connectivity index (χ1n) is 6.62. The Morgan fingerprint density at radius 1 is 1.37 bits per heavy atom. The third-order valence-electron chi connectivity index (χ3n) is 4.06. The lowest BCUT2D eigenvalue weighted by atomic mass is 9.78. The van der Waals surface area contributed by atoms with Crippen LogP contribution in [0.15, 0.2) is 0 Å². The first kappa shape index (κ1) is 14.1. The van der Waals surface area contributed by atoms with Crippen LogP contribution in [0.25, 0.3) is 0 Å². The molecule has 1 aliphatic heterocycles. The van der Waals surface area contributed by atoms with E-state index >= 15 is 0 Å². The van der Waals surface area contributed by atoms with E-state index in [9.17, 15) is 9.59 Å². The molecule has 2 fully saturated rings. The van der Waals surface area contributed by atoms with E-state index in [0.29, 0.717) is 13.1 Å². The summed E-state index contributed by atoms with van der Waals surface area (Å²) in [5, 5.41) is 9.02. The number of likely N-dealkylation sites (tertiary alicyclic amines) is 1. The molecule has 1 saturated carbocycles. The van der Waals surface area contributed by atoms with Crippen LogP contribution in [-0.2, 0) is 9.53 Å². The van der Waals surface area contributed by atoms with Gasteiger partial charge in [-0.2, -0.15) is 0 Å². The molecule has 1 amide bonds. The van der Waals surface area contributed by atoms with Crippen LogP contribution < -0.4 is 5.73 Å². The smallest absolute Gasteiger partial charge is 0.410 e. The second-order valence-electron chi connectivity index (χ2n) is 6.63. The fourth-order valence-electron chi connectivity index (χ4n) is 2.68. The zero-order valence-corrected chi connectivity index (χ0v) is 11.7. The summed E-state index contributed by atoms with van der Waals surface area (Å²) in [5.74, 6) is -0.765.